The Labute approximate surface area is 183 Å². The van der Waals surface area contributed by atoms with Crippen molar-refractivity contribution < 1.29 is 9.47 Å². The summed E-state index contributed by atoms with van der Waals surface area (Å²) >= 11 is 0. The molecule has 2 fully saturated rings. The van der Waals surface area contributed by atoms with E-state index in [1.165, 1.54) is 38.8 Å². The number of guanidine groups is 1. The lowest BCUT2D eigenvalue weighted by Crippen LogP contribution is -2.49. The number of nitrogens with one attached hydrogen (secondary N) is 2. The third-order valence-corrected chi connectivity index (χ3v) is 5.44. The van der Waals surface area contributed by atoms with Crippen molar-refractivity contribution in [1.82, 2.24) is 15.5 Å². The van der Waals surface area contributed by atoms with Gasteiger partial charge in [-0.2, -0.15) is 0 Å². The van der Waals surface area contributed by atoms with Crippen LogP contribution in [0.3, 0.4) is 0 Å². The molecule has 0 saturated carbocycles. The number of aliphatic imine (C=N–C) groups is 1. The third-order valence-electron chi connectivity index (χ3n) is 5.44. The number of hydrogen-bond acceptors (Lipinski definition) is 4. The molecule has 0 aromatic carbocycles. The van der Waals surface area contributed by atoms with Gasteiger partial charge < -0.3 is 20.1 Å². The molecule has 6 nitrogen and oxygen atoms in total. The fraction of sp³-hybridized carbons (Fsp3) is 0.950. The molecule has 2 unspecified atom stereocenters. The smallest absolute Gasteiger partial charge is 0.191 e. The van der Waals surface area contributed by atoms with Crippen LogP contribution >= 0.6 is 24.0 Å². The Morgan fingerprint density at radius 2 is 1.93 bits per heavy atom. The van der Waals surface area contributed by atoms with Gasteiger partial charge in [-0.05, 0) is 44.7 Å². The summed E-state index contributed by atoms with van der Waals surface area (Å²) in [5, 5.41) is 6.95. The first-order valence-corrected chi connectivity index (χ1v) is 10.6. The molecule has 2 atom stereocenters. The zero-order valence-electron chi connectivity index (χ0n) is 17.5. The average Bonchev–Trinajstić information content (AvgIpc) is 3.01. The molecule has 0 bridgehead atoms. The molecule has 2 N–H and O–H groups in total. The highest BCUT2D eigenvalue weighted by atomic mass is 127. The molecule has 7 heteroatoms. The quantitative estimate of drug-likeness (QED) is 0.223. The SMILES string of the molecule is CN=C(NCCCOC1CCOC1)NCC(C(C)C)N1CCCCCC1.I. The van der Waals surface area contributed by atoms with E-state index < -0.39 is 0 Å². The van der Waals surface area contributed by atoms with Crippen molar-refractivity contribution >= 4 is 29.9 Å². The fourth-order valence-electron chi connectivity index (χ4n) is 3.81. The van der Waals surface area contributed by atoms with Gasteiger partial charge in [0.15, 0.2) is 5.96 Å². The molecule has 0 aliphatic carbocycles. The second-order valence-corrected chi connectivity index (χ2v) is 7.85. The molecule has 2 saturated heterocycles. The Kier molecular flexibility index (Phi) is 13.7. The summed E-state index contributed by atoms with van der Waals surface area (Å²) in [7, 11) is 1.85. The van der Waals surface area contributed by atoms with Crippen molar-refractivity contribution in [2.75, 3.05) is 53.0 Å². The molecule has 160 valence electrons. The Balaban J connectivity index is 0.00000364. The van der Waals surface area contributed by atoms with E-state index in [4.69, 9.17) is 9.47 Å². The average molecular weight is 496 g/mol. The summed E-state index contributed by atoms with van der Waals surface area (Å²) in [6.07, 6.45) is 7.75. The minimum Gasteiger partial charge on any atom is -0.379 e. The maximum atomic E-state index is 5.81. The predicted molar refractivity (Wildman–Crippen MR) is 123 cm³/mol. The van der Waals surface area contributed by atoms with E-state index in [0.717, 1.165) is 51.7 Å². The topological polar surface area (TPSA) is 58.1 Å². The maximum Gasteiger partial charge on any atom is 0.191 e. The molecule has 27 heavy (non-hydrogen) atoms. The van der Waals surface area contributed by atoms with E-state index >= 15 is 0 Å². The van der Waals surface area contributed by atoms with Crippen molar-refractivity contribution in [2.45, 2.75) is 64.5 Å². The minimum absolute atomic E-state index is 0. The van der Waals surface area contributed by atoms with Gasteiger partial charge in [0.2, 0.25) is 0 Å². The number of nitrogens with zero attached hydrogens (tertiary/aromatic N) is 2. The minimum atomic E-state index is 0. The summed E-state index contributed by atoms with van der Waals surface area (Å²) in [6, 6.07) is 0.567. The highest BCUT2D eigenvalue weighted by Crippen LogP contribution is 2.17. The normalized spacial score (nSPS) is 23.0. The molecule has 2 aliphatic heterocycles. The molecular formula is C20H41IN4O2. The summed E-state index contributed by atoms with van der Waals surface area (Å²) < 4.78 is 11.1. The van der Waals surface area contributed by atoms with E-state index in [1.807, 2.05) is 7.05 Å². The molecule has 2 aliphatic rings. The van der Waals surface area contributed by atoms with E-state index in [0.29, 0.717) is 18.1 Å². The number of rotatable bonds is 9. The summed E-state index contributed by atoms with van der Waals surface area (Å²) in [5.74, 6) is 1.54. The largest absolute Gasteiger partial charge is 0.379 e. The molecule has 0 amide bonds. The van der Waals surface area contributed by atoms with Crippen molar-refractivity contribution in [3.05, 3.63) is 0 Å². The van der Waals surface area contributed by atoms with Crippen LogP contribution in [0.15, 0.2) is 4.99 Å². The molecule has 0 radical (unpaired) electrons. The van der Waals surface area contributed by atoms with Gasteiger partial charge in [-0.25, -0.2) is 0 Å². The van der Waals surface area contributed by atoms with Gasteiger partial charge in [0, 0.05) is 39.4 Å². The Morgan fingerprint density at radius 1 is 1.19 bits per heavy atom. The van der Waals surface area contributed by atoms with Crippen molar-refractivity contribution in [1.29, 1.82) is 0 Å². The Morgan fingerprint density at radius 3 is 2.52 bits per heavy atom. The zero-order valence-corrected chi connectivity index (χ0v) is 19.9. The highest BCUT2D eigenvalue weighted by Gasteiger charge is 2.22. The highest BCUT2D eigenvalue weighted by molar-refractivity contribution is 14.0. The van der Waals surface area contributed by atoms with E-state index in [-0.39, 0.29) is 24.0 Å². The van der Waals surface area contributed by atoms with Crippen LogP contribution in [-0.2, 0) is 9.47 Å². The number of hydrogen-bond donors (Lipinski definition) is 2. The lowest BCUT2D eigenvalue weighted by atomic mass is 10.0. The molecule has 2 rings (SSSR count). The second-order valence-electron chi connectivity index (χ2n) is 7.85. The van der Waals surface area contributed by atoms with Crippen LogP contribution in [-0.4, -0.2) is 76.1 Å². The Bertz CT molecular complexity index is 395. The summed E-state index contributed by atoms with van der Waals surface area (Å²) in [5.41, 5.74) is 0. The standard InChI is InChI=1S/C20H40N4O2.HI/c1-17(2)19(24-11-6-4-5-7-12-24)15-23-20(21-3)22-10-8-13-26-18-9-14-25-16-18;/h17-19H,4-16H2,1-3H3,(H2,21,22,23);1H. The van der Waals surface area contributed by atoms with Crippen molar-refractivity contribution in [3.63, 3.8) is 0 Å². The van der Waals surface area contributed by atoms with Gasteiger partial charge >= 0.3 is 0 Å². The van der Waals surface area contributed by atoms with Crippen LogP contribution < -0.4 is 10.6 Å². The van der Waals surface area contributed by atoms with Gasteiger partial charge in [0.25, 0.3) is 0 Å². The van der Waals surface area contributed by atoms with Crippen molar-refractivity contribution in [3.8, 4) is 0 Å². The van der Waals surface area contributed by atoms with Crippen LogP contribution in [0, 0.1) is 5.92 Å². The number of likely N-dealkylation sites (tertiary alicyclic amines) is 1. The van der Waals surface area contributed by atoms with Crippen LogP contribution in [0.1, 0.15) is 52.4 Å². The van der Waals surface area contributed by atoms with Gasteiger partial charge in [-0.3, -0.25) is 9.89 Å². The van der Waals surface area contributed by atoms with Gasteiger partial charge in [-0.1, -0.05) is 26.7 Å². The first-order chi connectivity index (χ1) is 12.7. The van der Waals surface area contributed by atoms with Crippen LogP contribution in [0.2, 0.25) is 0 Å². The van der Waals surface area contributed by atoms with Crippen LogP contribution in [0.5, 0.6) is 0 Å². The Hall–Kier alpha value is -0.120. The molecule has 0 spiro atoms. The molecule has 2 heterocycles. The van der Waals surface area contributed by atoms with E-state index in [1.54, 1.807) is 0 Å². The van der Waals surface area contributed by atoms with E-state index in [9.17, 15) is 0 Å². The van der Waals surface area contributed by atoms with Gasteiger partial charge in [-0.15, -0.1) is 24.0 Å². The van der Waals surface area contributed by atoms with E-state index in [2.05, 4.69) is 34.4 Å². The van der Waals surface area contributed by atoms with Crippen LogP contribution in [0.25, 0.3) is 0 Å². The predicted octanol–water partition coefficient (Wildman–Crippen LogP) is 2.87. The third kappa shape index (κ3) is 9.76. The maximum absolute atomic E-state index is 5.81. The lowest BCUT2D eigenvalue weighted by molar-refractivity contribution is 0.0420. The van der Waals surface area contributed by atoms with Gasteiger partial charge in [0.05, 0.1) is 12.7 Å². The summed E-state index contributed by atoms with van der Waals surface area (Å²) in [4.78, 5) is 7.05. The van der Waals surface area contributed by atoms with Gasteiger partial charge in [0.1, 0.15) is 0 Å². The number of ether oxygens (including phenoxy) is 2. The first-order valence-electron chi connectivity index (χ1n) is 10.6. The monoisotopic (exact) mass is 496 g/mol. The molecular weight excluding hydrogens is 455 g/mol. The molecule has 0 aromatic rings. The number of halogens is 1. The fourth-order valence-corrected chi connectivity index (χ4v) is 3.81. The van der Waals surface area contributed by atoms with Crippen molar-refractivity contribution in [2.24, 2.45) is 10.9 Å². The van der Waals surface area contributed by atoms with Crippen LogP contribution in [0.4, 0.5) is 0 Å². The second kappa shape index (κ2) is 14.8. The zero-order chi connectivity index (χ0) is 18.6. The lowest BCUT2D eigenvalue weighted by Gasteiger charge is -2.34. The summed E-state index contributed by atoms with van der Waals surface area (Å²) in [6.45, 7) is 11.3. The first kappa shape index (κ1) is 24.9. The molecule has 0 aromatic heterocycles.